The number of carbonyl (C=O) groups is 1. The fourth-order valence-corrected chi connectivity index (χ4v) is 2.66. The lowest BCUT2D eigenvalue weighted by Gasteiger charge is -2.34. The summed E-state index contributed by atoms with van der Waals surface area (Å²) >= 11 is 0. The van der Waals surface area contributed by atoms with Gasteiger partial charge in [-0.25, -0.2) is 0 Å². The van der Waals surface area contributed by atoms with Gasteiger partial charge in [-0.1, -0.05) is 60.7 Å². The molecular formula is C18H18F3NO2. The van der Waals surface area contributed by atoms with Gasteiger partial charge in [0.05, 0.1) is 0 Å². The van der Waals surface area contributed by atoms with Crippen LogP contribution in [0.4, 0.5) is 13.2 Å². The van der Waals surface area contributed by atoms with E-state index in [-0.39, 0.29) is 13.0 Å². The summed E-state index contributed by atoms with van der Waals surface area (Å²) in [6, 6.07) is 18.4. The van der Waals surface area contributed by atoms with Crippen molar-refractivity contribution in [2.75, 3.05) is 13.7 Å². The zero-order valence-electron chi connectivity index (χ0n) is 13.1. The van der Waals surface area contributed by atoms with Crippen LogP contribution in [0.5, 0.6) is 0 Å². The third kappa shape index (κ3) is 3.94. The number of ether oxygens (including phenoxy) is 1. The second-order valence-corrected chi connectivity index (χ2v) is 5.27. The maximum atomic E-state index is 12.4. The number of hydrogen-bond donors (Lipinski definition) is 1. The van der Waals surface area contributed by atoms with E-state index in [1.165, 1.54) is 7.11 Å². The number of carbonyl (C=O) groups excluding carboxylic acids is 1. The number of hydrogen-bond acceptors (Lipinski definition) is 2. The summed E-state index contributed by atoms with van der Waals surface area (Å²) in [6.45, 7) is -0.171. The predicted octanol–water partition coefficient (Wildman–Crippen LogP) is 3.65. The van der Waals surface area contributed by atoms with Gasteiger partial charge in [-0.05, 0) is 11.1 Å². The molecule has 0 saturated carbocycles. The molecule has 0 aromatic heterocycles. The van der Waals surface area contributed by atoms with Crippen molar-refractivity contribution in [2.45, 2.75) is 18.2 Å². The molecule has 0 bridgehead atoms. The summed E-state index contributed by atoms with van der Waals surface area (Å²) in [4.78, 5) is 11.0. The fraction of sp³-hybridized carbons (Fsp3) is 0.278. The molecule has 0 fully saturated rings. The molecule has 0 radical (unpaired) electrons. The van der Waals surface area contributed by atoms with Crippen molar-refractivity contribution in [3.63, 3.8) is 0 Å². The summed E-state index contributed by atoms with van der Waals surface area (Å²) in [7, 11) is 1.51. The Morgan fingerprint density at radius 3 is 1.79 bits per heavy atom. The molecule has 24 heavy (non-hydrogen) atoms. The van der Waals surface area contributed by atoms with Crippen molar-refractivity contribution in [3.8, 4) is 0 Å². The van der Waals surface area contributed by atoms with Crippen molar-refractivity contribution in [1.29, 1.82) is 0 Å². The van der Waals surface area contributed by atoms with Crippen LogP contribution in [0.15, 0.2) is 60.7 Å². The summed E-state index contributed by atoms with van der Waals surface area (Å²) in [5.74, 6) is -1.95. The first-order valence-corrected chi connectivity index (χ1v) is 7.41. The largest absolute Gasteiger partial charge is 0.471 e. The molecule has 0 unspecified atom stereocenters. The van der Waals surface area contributed by atoms with E-state index in [1.54, 1.807) is 0 Å². The average molecular weight is 337 g/mol. The summed E-state index contributed by atoms with van der Waals surface area (Å²) < 4.78 is 42.8. The lowest BCUT2D eigenvalue weighted by atomic mass is 9.83. The summed E-state index contributed by atoms with van der Waals surface area (Å²) in [5.41, 5.74) is 0.668. The molecule has 2 aromatic carbocycles. The Balaban J connectivity index is 2.29. The van der Waals surface area contributed by atoms with Crippen LogP contribution >= 0.6 is 0 Å². The van der Waals surface area contributed by atoms with E-state index in [9.17, 15) is 18.0 Å². The van der Waals surface area contributed by atoms with Crippen molar-refractivity contribution in [2.24, 2.45) is 0 Å². The maximum absolute atomic E-state index is 12.4. The van der Waals surface area contributed by atoms with Gasteiger partial charge >= 0.3 is 12.1 Å². The van der Waals surface area contributed by atoms with Crippen LogP contribution in [0.3, 0.4) is 0 Å². The highest BCUT2D eigenvalue weighted by molar-refractivity contribution is 5.81. The van der Waals surface area contributed by atoms with Gasteiger partial charge in [-0.2, -0.15) is 13.2 Å². The van der Waals surface area contributed by atoms with E-state index in [4.69, 9.17) is 4.74 Å². The van der Waals surface area contributed by atoms with Gasteiger partial charge in [0.15, 0.2) is 0 Å². The summed E-state index contributed by atoms with van der Waals surface area (Å²) in [6.07, 6.45) is -4.73. The Bertz CT molecular complexity index is 617. The summed E-state index contributed by atoms with van der Waals surface area (Å²) in [5, 5.41) is 1.91. The maximum Gasteiger partial charge on any atom is 0.471 e. The van der Waals surface area contributed by atoms with E-state index in [1.807, 2.05) is 66.0 Å². The van der Waals surface area contributed by atoms with Crippen LogP contribution < -0.4 is 5.32 Å². The molecule has 2 aromatic rings. The van der Waals surface area contributed by atoms with Gasteiger partial charge in [0.2, 0.25) is 0 Å². The standard InChI is InChI=1S/C18H18F3NO2/c1-24-17(14-8-4-2-5-9-14,15-10-6-3-7-11-15)12-13-22-16(23)18(19,20)21/h2-11H,12-13H2,1H3,(H,22,23). The number of benzene rings is 2. The SMILES string of the molecule is COC(CCNC(=O)C(F)(F)F)(c1ccccc1)c1ccccc1. The van der Waals surface area contributed by atoms with E-state index in [2.05, 4.69) is 0 Å². The number of methoxy groups -OCH3 is 1. The molecule has 3 nitrogen and oxygen atoms in total. The highest BCUT2D eigenvalue weighted by atomic mass is 19.4. The van der Waals surface area contributed by atoms with Crippen molar-refractivity contribution >= 4 is 5.91 Å². The number of nitrogens with one attached hydrogen (secondary N) is 1. The normalized spacial score (nSPS) is 12.0. The number of halogens is 3. The molecule has 0 saturated heterocycles. The van der Waals surface area contributed by atoms with Crippen LogP contribution in [-0.4, -0.2) is 25.7 Å². The third-order valence-electron chi connectivity index (χ3n) is 3.85. The molecule has 128 valence electrons. The molecule has 0 aliphatic heterocycles. The van der Waals surface area contributed by atoms with Gasteiger partial charge in [-0.15, -0.1) is 0 Å². The highest BCUT2D eigenvalue weighted by Gasteiger charge is 2.39. The second-order valence-electron chi connectivity index (χ2n) is 5.27. The molecule has 2 rings (SSSR count). The first-order chi connectivity index (χ1) is 11.4. The molecule has 0 atom stereocenters. The predicted molar refractivity (Wildman–Crippen MR) is 84.4 cm³/mol. The van der Waals surface area contributed by atoms with Crippen LogP contribution in [0, 0.1) is 0 Å². The third-order valence-corrected chi connectivity index (χ3v) is 3.85. The first kappa shape index (κ1) is 18.0. The minimum absolute atomic E-state index is 0.166. The molecule has 0 aliphatic rings. The number of rotatable bonds is 6. The Kier molecular flexibility index (Phi) is 5.62. The minimum Gasteiger partial charge on any atom is -0.369 e. The van der Waals surface area contributed by atoms with Crippen molar-refractivity contribution in [1.82, 2.24) is 5.32 Å². The van der Waals surface area contributed by atoms with Gasteiger partial charge in [0, 0.05) is 20.1 Å². The topological polar surface area (TPSA) is 38.3 Å². The molecule has 0 spiro atoms. The fourth-order valence-electron chi connectivity index (χ4n) is 2.66. The van der Waals surface area contributed by atoms with Crippen molar-refractivity contribution < 1.29 is 22.7 Å². The first-order valence-electron chi connectivity index (χ1n) is 7.41. The Morgan fingerprint density at radius 1 is 0.958 bits per heavy atom. The number of amides is 1. The van der Waals surface area contributed by atoms with E-state index >= 15 is 0 Å². The van der Waals surface area contributed by atoms with Gasteiger partial charge in [-0.3, -0.25) is 4.79 Å². The highest BCUT2D eigenvalue weighted by Crippen LogP contribution is 2.36. The zero-order valence-corrected chi connectivity index (χ0v) is 13.1. The van der Waals surface area contributed by atoms with E-state index in [0.29, 0.717) is 0 Å². The van der Waals surface area contributed by atoms with Gasteiger partial charge in [0.1, 0.15) is 5.60 Å². The monoisotopic (exact) mass is 337 g/mol. The number of alkyl halides is 3. The van der Waals surface area contributed by atoms with E-state index in [0.717, 1.165) is 11.1 Å². The van der Waals surface area contributed by atoms with Crippen molar-refractivity contribution in [3.05, 3.63) is 71.8 Å². The van der Waals surface area contributed by atoms with Crippen LogP contribution in [0.25, 0.3) is 0 Å². The lowest BCUT2D eigenvalue weighted by Crippen LogP contribution is -2.40. The van der Waals surface area contributed by atoms with Crippen LogP contribution in [-0.2, 0) is 15.1 Å². The second kappa shape index (κ2) is 7.49. The smallest absolute Gasteiger partial charge is 0.369 e. The molecule has 0 aliphatic carbocycles. The van der Waals surface area contributed by atoms with Crippen LogP contribution in [0.2, 0.25) is 0 Å². The molecule has 0 heterocycles. The lowest BCUT2D eigenvalue weighted by molar-refractivity contribution is -0.173. The van der Waals surface area contributed by atoms with Gasteiger partial charge in [0.25, 0.3) is 0 Å². The molecule has 1 amide bonds. The average Bonchev–Trinajstić information content (AvgIpc) is 2.59. The zero-order chi connectivity index (χ0) is 17.6. The molecule has 1 N–H and O–H groups in total. The molecule has 6 heteroatoms. The quantitative estimate of drug-likeness (QED) is 0.874. The van der Waals surface area contributed by atoms with E-state index < -0.39 is 17.7 Å². The van der Waals surface area contributed by atoms with Crippen LogP contribution in [0.1, 0.15) is 17.5 Å². The molecular weight excluding hydrogens is 319 g/mol. The van der Waals surface area contributed by atoms with Gasteiger partial charge < -0.3 is 10.1 Å². The Morgan fingerprint density at radius 2 is 1.42 bits per heavy atom. The Hall–Kier alpha value is -2.34. The minimum atomic E-state index is -4.89. The Labute approximate surface area is 138 Å².